The van der Waals surface area contributed by atoms with E-state index in [9.17, 15) is 18.0 Å². The van der Waals surface area contributed by atoms with Crippen LogP contribution in [0.1, 0.15) is 18.4 Å². The van der Waals surface area contributed by atoms with E-state index in [0.717, 1.165) is 16.3 Å². The lowest BCUT2D eigenvalue weighted by Gasteiger charge is -2.31. The zero-order chi connectivity index (χ0) is 22.7. The Bertz CT molecular complexity index is 1260. The van der Waals surface area contributed by atoms with E-state index >= 15 is 0 Å². The van der Waals surface area contributed by atoms with E-state index in [0.29, 0.717) is 25.1 Å². The first-order valence-electron chi connectivity index (χ1n) is 10.5. The van der Waals surface area contributed by atoms with Gasteiger partial charge in [-0.1, -0.05) is 42.5 Å². The van der Waals surface area contributed by atoms with Crippen molar-refractivity contribution in [1.82, 2.24) is 4.31 Å². The molecule has 2 amide bonds. The highest BCUT2D eigenvalue weighted by Crippen LogP contribution is 2.27. The first kappa shape index (κ1) is 22.0. The molecule has 3 aromatic rings. The van der Waals surface area contributed by atoms with E-state index in [1.807, 2.05) is 24.3 Å². The number of rotatable bonds is 6. The van der Waals surface area contributed by atoms with Crippen LogP contribution < -0.4 is 11.1 Å². The van der Waals surface area contributed by atoms with Crippen LogP contribution in [0.2, 0.25) is 0 Å². The second-order valence-electron chi connectivity index (χ2n) is 8.04. The Hall–Kier alpha value is -3.23. The maximum atomic E-state index is 13.2. The molecule has 7 nitrogen and oxygen atoms in total. The molecule has 0 aromatic heterocycles. The molecule has 0 radical (unpaired) electrons. The lowest BCUT2D eigenvalue weighted by Crippen LogP contribution is -2.43. The minimum absolute atomic E-state index is 0.137. The summed E-state index contributed by atoms with van der Waals surface area (Å²) >= 11 is 0. The lowest BCUT2D eigenvalue weighted by molar-refractivity contribution is -0.121. The second kappa shape index (κ2) is 9.10. The number of nitrogens with two attached hydrogens (primary N) is 1. The number of anilines is 1. The Morgan fingerprint density at radius 1 is 1.00 bits per heavy atom. The summed E-state index contributed by atoms with van der Waals surface area (Å²) in [6, 6.07) is 19.6. The summed E-state index contributed by atoms with van der Waals surface area (Å²) in [5, 5.41) is 4.69. The molecule has 166 valence electrons. The maximum Gasteiger partial charge on any atom is 0.243 e. The third kappa shape index (κ3) is 4.81. The molecule has 4 rings (SSSR count). The number of carbonyl (C=O) groups excluding carboxylic acids is 2. The molecule has 0 aliphatic carbocycles. The van der Waals surface area contributed by atoms with Gasteiger partial charge in [0.1, 0.15) is 0 Å². The smallest absolute Gasteiger partial charge is 0.243 e. The molecular formula is C24H25N3O4S. The summed E-state index contributed by atoms with van der Waals surface area (Å²) < 4.78 is 27.9. The van der Waals surface area contributed by atoms with Gasteiger partial charge in [-0.15, -0.1) is 0 Å². The van der Waals surface area contributed by atoms with Crippen molar-refractivity contribution < 1.29 is 18.0 Å². The molecule has 0 bridgehead atoms. The van der Waals surface area contributed by atoms with Crippen molar-refractivity contribution in [3.05, 3.63) is 72.3 Å². The fourth-order valence-electron chi connectivity index (χ4n) is 4.00. The van der Waals surface area contributed by atoms with Crippen LogP contribution in [0.5, 0.6) is 0 Å². The molecule has 3 N–H and O–H groups in total. The largest absolute Gasteiger partial charge is 0.369 e. The van der Waals surface area contributed by atoms with Crippen LogP contribution in [0.15, 0.2) is 71.6 Å². The first-order valence-corrected chi connectivity index (χ1v) is 11.9. The van der Waals surface area contributed by atoms with Gasteiger partial charge in [0.25, 0.3) is 0 Å². The van der Waals surface area contributed by atoms with Gasteiger partial charge in [-0.3, -0.25) is 9.59 Å². The number of carbonyl (C=O) groups is 2. The van der Waals surface area contributed by atoms with Gasteiger partial charge in [-0.25, -0.2) is 8.42 Å². The second-order valence-corrected chi connectivity index (χ2v) is 9.98. The summed E-state index contributed by atoms with van der Waals surface area (Å²) in [4.78, 5) is 24.1. The zero-order valence-corrected chi connectivity index (χ0v) is 18.3. The predicted molar refractivity (Wildman–Crippen MR) is 123 cm³/mol. The molecule has 1 aliphatic rings. The number of nitrogens with zero attached hydrogens (tertiary/aromatic N) is 1. The standard InChI is InChI=1S/C24H25N3O4S/c25-23(28)14-17-7-10-21(11-8-17)26-24(29)20-6-3-13-27(16-20)32(30,31)22-12-9-18-4-1-2-5-19(18)15-22/h1-2,4-5,7-12,15,20H,3,6,13-14,16H2,(H2,25,28)(H,26,29)/t20-/m0/s1. The van der Waals surface area contributed by atoms with Crippen LogP contribution in [-0.2, 0) is 26.0 Å². The summed E-state index contributed by atoms with van der Waals surface area (Å²) in [7, 11) is -3.70. The van der Waals surface area contributed by atoms with Crippen LogP contribution in [-0.4, -0.2) is 37.6 Å². The SMILES string of the molecule is NC(=O)Cc1ccc(NC(=O)[C@H]2CCCN(S(=O)(=O)c3ccc4ccccc4c3)C2)cc1. The van der Waals surface area contributed by atoms with Gasteiger partial charge >= 0.3 is 0 Å². The highest BCUT2D eigenvalue weighted by atomic mass is 32.2. The molecule has 0 saturated carbocycles. The molecular weight excluding hydrogens is 426 g/mol. The summed E-state index contributed by atoms with van der Waals surface area (Å²) in [6.07, 6.45) is 1.37. The number of fused-ring (bicyclic) bond motifs is 1. The number of benzene rings is 3. The van der Waals surface area contributed by atoms with Gasteiger partial charge in [-0.05, 0) is 53.4 Å². The third-order valence-electron chi connectivity index (χ3n) is 5.71. The van der Waals surface area contributed by atoms with Crippen molar-refractivity contribution in [2.24, 2.45) is 11.7 Å². The van der Waals surface area contributed by atoms with Crippen molar-refractivity contribution in [2.75, 3.05) is 18.4 Å². The highest BCUT2D eigenvalue weighted by molar-refractivity contribution is 7.89. The van der Waals surface area contributed by atoms with Crippen molar-refractivity contribution in [1.29, 1.82) is 0 Å². The normalized spacial score (nSPS) is 17.2. The molecule has 0 spiro atoms. The van der Waals surface area contributed by atoms with Crippen LogP contribution in [0.4, 0.5) is 5.69 Å². The quantitative estimate of drug-likeness (QED) is 0.600. The molecule has 32 heavy (non-hydrogen) atoms. The van der Waals surface area contributed by atoms with Gasteiger partial charge in [0.2, 0.25) is 21.8 Å². The van der Waals surface area contributed by atoms with E-state index < -0.39 is 21.8 Å². The Kier molecular flexibility index (Phi) is 6.25. The Morgan fingerprint density at radius 2 is 1.72 bits per heavy atom. The Morgan fingerprint density at radius 3 is 2.44 bits per heavy atom. The van der Waals surface area contributed by atoms with Gasteiger partial charge in [0, 0.05) is 18.8 Å². The van der Waals surface area contributed by atoms with Gasteiger partial charge in [-0.2, -0.15) is 4.31 Å². The number of primary amides is 1. The fraction of sp³-hybridized carbons (Fsp3) is 0.250. The van der Waals surface area contributed by atoms with Crippen molar-refractivity contribution in [2.45, 2.75) is 24.2 Å². The van der Waals surface area contributed by atoms with Crippen LogP contribution in [0, 0.1) is 5.92 Å². The topological polar surface area (TPSA) is 110 Å². The molecule has 1 atom stereocenters. The minimum Gasteiger partial charge on any atom is -0.369 e. The molecule has 1 heterocycles. The fourth-order valence-corrected chi connectivity index (χ4v) is 5.56. The first-order chi connectivity index (χ1) is 15.3. The predicted octanol–water partition coefficient (Wildman–Crippen LogP) is 2.91. The van der Waals surface area contributed by atoms with E-state index in [1.165, 1.54) is 4.31 Å². The van der Waals surface area contributed by atoms with Gasteiger partial charge in [0.15, 0.2) is 0 Å². The Labute approximate surface area is 187 Å². The van der Waals surface area contributed by atoms with Crippen molar-refractivity contribution in [3.8, 4) is 0 Å². The van der Waals surface area contributed by atoms with E-state index in [-0.39, 0.29) is 23.8 Å². The Balaban J connectivity index is 1.46. The van der Waals surface area contributed by atoms with Gasteiger partial charge in [0.05, 0.1) is 17.2 Å². The number of amides is 2. The lowest BCUT2D eigenvalue weighted by atomic mass is 9.98. The summed E-state index contributed by atoms with van der Waals surface area (Å²) in [5.41, 5.74) is 6.56. The molecule has 1 aliphatic heterocycles. The van der Waals surface area contributed by atoms with Crippen molar-refractivity contribution >= 4 is 38.3 Å². The van der Waals surface area contributed by atoms with Crippen LogP contribution in [0.25, 0.3) is 10.8 Å². The number of piperidine rings is 1. The third-order valence-corrected chi connectivity index (χ3v) is 7.57. The van der Waals surface area contributed by atoms with Crippen LogP contribution in [0.3, 0.4) is 0 Å². The highest BCUT2D eigenvalue weighted by Gasteiger charge is 2.33. The number of hydrogen-bond donors (Lipinski definition) is 2. The van der Waals surface area contributed by atoms with E-state index in [1.54, 1.807) is 42.5 Å². The van der Waals surface area contributed by atoms with Gasteiger partial charge < -0.3 is 11.1 Å². The number of hydrogen-bond acceptors (Lipinski definition) is 4. The average Bonchev–Trinajstić information content (AvgIpc) is 2.79. The number of nitrogens with one attached hydrogen (secondary N) is 1. The molecule has 3 aromatic carbocycles. The number of sulfonamides is 1. The zero-order valence-electron chi connectivity index (χ0n) is 17.5. The van der Waals surface area contributed by atoms with Crippen LogP contribution >= 0.6 is 0 Å². The molecule has 8 heteroatoms. The molecule has 0 unspecified atom stereocenters. The molecule has 1 fully saturated rings. The maximum absolute atomic E-state index is 13.2. The van der Waals surface area contributed by atoms with Crippen molar-refractivity contribution in [3.63, 3.8) is 0 Å². The summed E-state index contributed by atoms with van der Waals surface area (Å²) in [5.74, 6) is -1.08. The van der Waals surface area contributed by atoms with E-state index in [2.05, 4.69) is 5.32 Å². The molecule has 1 saturated heterocycles. The minimum atomic E-state index is -3.70. The average molecular weight is 452 g/mol. The summed E-state index contributed by atoms with van der Waals surface area (Å²) in [6.45, 7) is 0.529. The monoisotopic (exact) mass is 451 g/mol. The van der Waals surface area contributed by atoms with E-state index in [4.69, 9.17) is 5.73 Å².